The van der Waals surface area contributed by atoms with E-state index in [2.05, 4.69) is 0 Å². The van der Waals surface area contributed by atoms with Crippen molar-refractivity contribution in [1.29, 1.82) is 0 Å². The zero-order valence-corrected chi connectivity index (χ0v) is 35.7. The number of hydrogen-bond acceptors (Lipinski definition) is 12. The molecular formula is C44H73NO12. The average Bonchev–Trinajstić information content (AvgIpc) is 3.64. The van der Waals surface area contributed by atoms with E-state index in [1.807, 2.05) is 45.9 Å². The van der Waals surface area contributed by atoms with Crippen molar-refractivity contribution in [2.75, 3.05) is 6.54 Å². The van der Waals surface area contributed by atoms with Crippen molar-refractivity contribution in [3.8, 4) is 0 Å². The molecule has 326 valence electrons. The van der Waals surface area contributed by atoms with Crippen molar-refractivity contribution in [2.45, 2.75) is 187 Å². The summed E-state index contributed by atoms with van der Waals surface area (Å²) in [6.45, 7) is 16.2. The summed E-state index contributed by atoms with van der Waals surface area (Å²) in [6, 6.07) is -1.09. The largest absolute Gasteiger partial charge is 0.456 e. The number of aliphatic hydroxyl groups excluding tert-OH is 6. The Kier molecular flexibility index (Phi) is 18.6. The van der Waals surface area contributed by atoms with Crippen LogP contribution in [-0.4, -0.2) is 126 Å². The number of amides is 1. The number of carbonyl (C=O) groups is 3. The molecule has 0 saturated carbocycles. The lowest BCUT2D eigenvalue weighted by Crippen LogP contribution is -2.59. The summed E-state index contributed by atoms with van der Waals surface area (Å²) in [7, 11) is 0. The van der Waals surface area contributed by atoms with Gasteiger partial charge in [-0.2, -0.15) is 0 Å². The van der Waals surface area contributed by atoms with Crippen LogP contribution in [0.15, 0.2) is 34.9 Å². The van der Waals surface area contributed by atoms with E-state index in [1.165, 1.54) is 0 Å². The average molecular weight is 808 g/mol. The van der Waals surface area contributed by atoms with Gasteiger partial charge in [0.25, 0.3) is 11.7 Å². The maximum atomic E-state index is 13.9. The van der Waals surface area contributed by atoms with E-state index < -0.39 is 90.2 Å². The second kappa shape index (κ2) is 21.7. The maximum Gasteiger partial charge on any atom is 0.329 e. The van der Waals surface area contributed by atoms with E-state index in [9.17, 15) is 50.1 Å². The minimum atomic E-state index is -2.52. The molecule has 7 N–H and O–H groups in total. The van der Waals surface area contributed by atoms with E-state index in [-0.39, 0.29) is 56.4 Å². The summed E-state index contributed by atoms with van der Waals surface area (Å²) < 4.78 is 12.0. The second-order valence-corrected chi connectivity index (χ2v) is 17.6. The van der Waals surface area contributed by atoms with Crippen LogP contribution in [0, 0.1) is 29.6 Å². The molecule has 2 bridgehead atoms. The van der Waals surface area contributed by atoms with Crippen LogP contribution in [0.3, 0.4) is 0 Å². The van der Waals surface area contributed by atoms with Crippen LogP contribution < -0.4 is 0 Å². The van der Waals surface area contributed by atoms with Crippen molar-refractivity contribution in [2.24, 2.45) is 29.6 Å². The van der Waals surface area contributed by atoms with Gasteiger partial charge < -0.3 is 50.1 Å². The standard InChI is InChI=1S/C44H73NO12/c1-10-32-14-16-39(27(5)20-25(3)31(9)46)56-43(54)35-12-11-17-45(35)42(53)41(52)44(55)29(7)13-15-34(57-44)23-38(50)30(8)37(49)22-33(47)21-36(48)26(4)18-24(2)19-28(6)40(32)51/h14,18,20,24-25,28-31,33-40,46-51,55H,10-13,15-17,19,21-23H2,1-9H3. The number of hydrogen-bond donors (Lipinski definition) is 7. The van der Waals surface area contributed by atoms with E-state index in [1.54, 1.807) is 34.6 Å². The third-order valence-electron chi connectivity index (χ3n) is 12.8. The predicted octanol–water partition coefficient (Wildman–Crippen LogP) is 3.88. The number of aliphatic hydroxyl groups is 7. The van der Waals surface area contributed by atoms with Gasteiger partial charge in [0.15, 0.2) is 0 Å². The first-order chi connectivity index (χ1) is 26.6. The summed E-state index contributed by atoms with van der Waals surface area (Å²) in [5, 5.41) is 77.2. The predicted molar refractivity (Wildman–Crippen MR) is 215 cm³/mol. The van der Waals surface area contributed by atoms with Gasteiger partial charge in [0.1, 0.15) is 12.1 Å². The minimum Gasteiger partial charge on any atom is -0.456 e. The van der Waals surface area contributed by atoms with Gasteiger partial charge in [-0.3, -0.25) is 9.59 Å². The molecule has 3 rings (SSSR count). The number of allylic oxidation sites excluding steroid dienone is 1. The Bertz CT molecular complexity index is 1440. The van der Waals surface area contributed by atoms with Gasteiger partial charge in [-0.15, -0.1) is 0 Å². The molecule has 0 aromatic rings. The van der Waals surface area contributed by atoms with Crippen LogP contribution in [-0.2, 0) is 23.9 Å². The Morgan fingerprint density at radius 2 is 1.61 bits per heavy atom. The highest BCUT2D eigenvalue weighted by Crippen LogP contribution is 2.37. The number of esters is 1. The number of cyclic esters (lactones) is 1. The van der Waals surface area contributed by atoms with Gasteiger partial charge in [0.05, 0.1) is 42.7 Å². The van der Waals surface area contributed by atoms with Crippen LogP contribution >= 0.6 is 0 Å². The van der Waals surface area contributed by atoms with Crippen molar-refractivity contribution < 1.29 is 59.6 Å². The molecule has 2 fully saturated rings. The maximum absolute atomic E-state index is 13.9. The summed E-state index contributed by atoms with van der Waals surface area (Å²) in [5.41, 5.74) is 2.08. The number of nitrogens with zero attached hydrogens (tertiary/aromatic N) is 1. The molecule has 13 heteroatoms. The Hall–Kier alpha value is -2.49. The third kappa shape index (κ3) is 13.0. The van der Waals surface area contributed by atoms with Crippen LogP contribution in [0.25, 0.3) is 0 Å². The molecule has 2 saturated heterocycles. The van der Waals surface area contributed by atoms with Crippen molar-refractivity contribution >= 4 is 17.7 Å². The van der Waals surface area contributed by atoms with Crippen LogP contribution in [0.1, 0.15) is 127 Å². The van der Waals surface area contributed by atoms with Gasteiger partial charge in [-0.25, -0.2) is 4.79 Å². The fourth-order valence-corrected chi connectivity index (χ4v) is 8.46. The Morgan fingerprint density at radius 1 is 0.965 bits per heavy atom. The SMILES string of the molecule is CCC1=CCC(C(C)=CC(C)C(C)O)OC(=O)C2CCCN2C(=O)C(=O)C2(O)OC(CCC2C)CC(O)C(C)C(O)CC(O)CC(O)C(C)=CC(C)CC(C)C1O. The van der Waals surface area contributed by atoms with Crippen LogP contribution in [0.5, 0.6) is 0 Å². The normalized spacial score (nSPS) is 39.3. The monoisotopic (exact) mass is 808 g/mol. The quantitative estimate of drug-likeness (QED) is 0.123. The van der Waals surface area contributed by atoms with E-state index in [4.69, 9.17) is 9.47 Å². The number of rotatable bonds is 4. The van der Waals surface area contributed by atoms with E-state index in [0.29, 0.717) is 43.3 Å². The fraction of sp³-hybridized carbons (Fsp3) is 0.795. The lowest BCUT2D eigenvalue weighted by molar-refractivity contribution is -0.266. The van der Waals surface area contributed by atoms with Gasteiger partial charge in [0.2, 0.25) is 5.79 Å². The number of ether oxygens (including phenoxy) is 2. The molecule has 3 heterocycles. The molecule has 0 aliphatic carbocycles. The number of ketones is 1. The van der Waals surface area contributed by atoms with Crippen LogP contribution in [0.2, 0.25) is 0 Å². The van der Waals surface area contributed by atoms with Gasteiger partial charge >= 0.3 is 5.97 Å². The highest BCUT2D eigenvalue weighted by molar-refractivity contribution is 6.39. The number of fused-ring (bicyclic) bond motifs is 3. The molecule has 3 aliphatic rings. The van der Waals surface area contributed by atoms with Gasteiger partial charge in [-0.05, 0) is 101 Å². The minimum absolute atomic E-state index is 0.0316. The summed E-state index contributed by atoms with van der Waals surface area (Å²) in [4.78, 5) is 42.8. The highest BCUT2D eigenvalue weighted by atomic mass is 16.6. The molecule has 1 amide bonds. The van der Waals surface area contributed by atoms with Gasteiger partial charge in [0, 0.05) is 37.1 Å². The molecular weight excluding hydrogens is 734 g/mol. The number of carbonyl (C=O) groups excluding carboxylic acids is 3. The van der Waals surface area contributed by atoms with Crippen molar-refractivity contribution in [1.82, 2.24) is 4.90 Å². The zero-order chi connectivity index (χ0) is 42.9. The Morgan fingerprint density at radius 3 is 2.25 bits per heavy atom. The lowest BCUT2D eigenvalue weighted by Gasteiger charge is -2.42. The molecule has 3 aliphatic heterocycles. The van der Waals surface area contributed by atoms with Crippen molar-refractivity contribution in [3.63, 3.8) is 0 Å². The Balaban J connectivity index is 2.01. The molecule has 15 unspecified atom stereocenters. The summed E-state index contributed by atoms with van der Waals surface area (Å²) >= 11 is 0. The molecule has 57 heavy (non-hydrogen) atoms. The first kappa shape index (κ1) is 48.9. The lowest BCUT2D eigenvalue weighted by atomic mass is 9.83. The van der Waals surface area contributed by atoms with Crippen molar-refractivity contribution in [3.05, 3.63) is 34.9 Å². The third-order valence-corrected chi connectivity index (χ3v) is 12.8. The molecule has 0 aromatic carbocycles. The summed E-state index contributed by atoms with van der Waals surface area (Å²) in [6.07, 6.45) is 0.600. The molecule has 0 radical (unpaired) electrons. The Labute approximate surface area is 339 Å². The zero-order valence-electron chi connectivity index (χ0n) is 35.7. The smallest absolute Gasteiger partial charge is 0.329 e. The highest BCUT2D eigenvalue weighted by Gasteiger charge is 2.53. The number of Topliss-reactive ketones (excluding diaryl/α,β-unsaturated/α-hetero) is 1. The second-order valence-electron chi connectivity index (χ2n) is 17.6. The molecule has 0 aromatic heterocycles. The van der Waals surface area contributed by atoms with E-state index in [0.717, 1.165) is 10.5 Å². The van der Waals surface area contributed by atoms with Crippen LogP contribution in [0.4, 0.5) is 0 Å². The topological polar surface area (TPSA) is 215 Å². The van der Waals surface area contributed by atoms with E-state index >= 15 is 0 Å². The molecule has 15 atom stereocenters. The fourth-order valence-electron chi connectivity index (χ4n) is 8.46. The molecule has 13 nitrogen and oxygen atoms in total. The first-order valence-corrected chi connectivity index (χ1v) is 21.2. The van der Waals surface area contributed by atoms with Gasteiger partial charge in [-0.1, -0.05) is 59.8 Å². The summed E-state index contributed by atoms with van der Waals surface area (Å²) in [5.74, 6) is -7.51. The molecule has 0 spiro atoms. The first-order valence-electron chi connectivity index (χ1n) is 21.2.